The third-order valence-electron chi connectivity index (χ3n) is 1.51. The molecule has 0 spiro atoms. The van der Waals surface area contributed by atoms with Crippen LogP contribution in [0.1, 0.15) is 25.5 Å². The van der Waals surface area contributed by atoms with Crippen LogP contribution in [0.25, 0.3) is 0 Å². The maximum absolute atomic E-state index is 11.1. The summed E-state index contributed by atoms with van der Waals surface area (Å²) in [7, 11) is 0. The molecule has 13 heavy (non-hydrogen) atoms. The summed E-state index contributed by atoms with van der Waals surface area (Å²) in [5.74, 6) is 0.0640. The van der Waals surface area contributed by atoms with Crippen LogP contribution in [0.15, 0.2) is 5.38 Å². The van der Waals surface area contributed by atoms with E-state index in [9.17, 15) is 4.79 Å². The molecule has 4 nitrogen and oxygen atoms in total. The first kappa shape index (κ1) is 9.98. The van der Waals surface area contributed by atoms with Gasteiger partial charge in [0.15, 0.2) is 5.13 Å². The van der Waals surface area contributed by atoms with Crippen molar-refractivity contribution in [3.8, 4) is 0 Å². The Kier molecular flexibility index (Phi) is 3.70. The lowest BCUT2D eigenvalue weighted by Gasteiger charge is -2.00. The molecule has 0 aliphatic heterocycles. The van der Waals surface area contributed by atoms with Gasteiger partial charge in [-0.25, -0.2) is 4.98 Å². The first-order valence-electron chi connectivity index (χ1n) is 4.19. The SMILES string of the molecule is CCCC(=O)NCc1csc(N)n1. The monoisotopic (exact) mass is 199 g/mol. The van der Waals surface area contributed by atoms with E-state index >= 15 is 0 Å². The zero-order valence-electron chi connectivity index (χ0n) is 7.54. The summed E-state index contributed by atoms with van der Waals surface area (Å²) in [6.07, 6.45) is 1.44. The second-order valence-corrected chi connectivity index (χ2v) is 3.59. The van der Waals surface area contributed by atoms with E-state index in [0.29, 0.717) is 18.1 Å². The van der Waals surface area contributed by atoms with Crippen molar-refractivity contribution in [3.05, 3.63) is 11.1 Å². The number of nitrogens with zero attached hydrogens (tertiary/aromatic N) is 1. The molecule has 1 aromatic rings. The first-order chi connectivity index (χ1) is 6.22. The second kappa shape index (κ2) is 4.81. The second-order valence-electron chi connectivity index (χ2n) is 2.70. The smallest absolute Gasteiger partial charge is 0.220 e. The summed E-state index contributed by atoms with van der Waals surface area (Å²) in [6.45, 7) is 2.45. The number of hydrogen-bond acceptors (Lipinski definition) is 4. The van der Waals surface area contributed by atoms with Gasteiger partial charge in [-0.3, -0.25) is 4.79 Å². The fourth-order valence-electron chi connectivity index (χ4n) is 0.908. The maximum atomic E-state index is 11.1. The molecule has 0 radical (unpaired) electrons. The highest BCUT2D eigenvalue weighted by Gasteiger charge is 2.01. The van der Waals surface area contributed by atoms with E-state index in [1.165, 1.54) is 11.3 Å². The number of amides is 1. The van der Waals surface area contributed by atoms with Crippen molar-refractivity contribution in [2.45, 2.75) is 26.3 Å². The number of anilines is 1. The van der Waals surface area contributed by atoms with Crippen LogP contribution in [0.5, 0.6) is 0 Å². The van der Waals surface area contributed by atoms with Crippen LogP contribution in [0.3, 0.4) is 0 Å². The third kappa shape index (κ3) is 3.42. The molecule has 1 amide bonds. The predicted molar refractivity (Wildman–Crippen MR) is 53.3 cm³/mol. The zero-order valence-corrected chi connectivity index (χ0v) is 8.36. The Hall–Kier alpha value is -1.10. The van der Waals surface area contributed by atoms with Crippen LogP contribution >= 0.6 is 11.3 Å². The normalized spacial score (nSPS) is 9.92. The Balaban J connectivity index is 2.30. The standard InChI is InChI=1S/C8H13N3OS/c1-2-3-7(12)10-4-6-5-13-8(9)11-6/h5H,2-4H2,1H3,(H2,9,11)(H,10,12). The average molecular weight is 199 g/mol. The molecule has 0 aliphatic rings. The lowest BCUT2D eigenvalue weighted by atomic mass is 10.3. The van der Waals surface area contributed by atoms with Gasteiger partial charge in [0.1, 0.15) is 0 Å². The highest BCUT2D eigenvalue weighted by Crippen LogP contribution is 2.10. The summed E-state index contributed by atoms with van der Waals surface area (Å²) in [6, 6.07) is 0. The molecule has 72 valence electrons. The van der Waals surface area contributed by atoms with E-state index in [2.05, 4.69) is 10.3 Å². The summed E-state index contributed by atoms with van der Waals surface area (Å²) in [4.78, 5) is 15.1. The average Bonchev–Trinajstić information content (AvgIpc) is 2.49. The molecule has 3 N–H and O–H groups in total. The van der Waals surface area contributed by atoms with Gasteiger partial charge in [0.2, 0.25) is 5.91 Å². The summed E-state index contributed by atoms with van der Waals surface area (Å²) < 4.78 is 0. The zero-order chi connectivity index (χ0) is 9.68. The van der Waals surface area contributed by atoms with E-state index in [0.717, 1.165) is 12.1 Å². The van der Waals surface area contributed by atoms with E-state index in [4.69, 9.17) is 5.73 Å². The number of carbonyl (C=O) groups excluding carboxylic acids is 1. The van der Waals surface area contributed by atoms with Gasteiger partial charge in [-0.05, 0) is 6.42 Å². The Morgan fingerprint density at radius 1 is 1.77 bits per heavy atom. The Morgan fingerprint density at radius 3 is 3.08 bits per heavy atom. The maximum Gasteiger partial charge on any atom is 0.220 e. The van der Waals surface area contributed by atoms with Gasteiger partial charge in [0.05, 0.1) is 12.2 Å². The summed E-state index contributed by atoms with van der Waals surface area (Å²) in [5.41, 5.74) is 6.26. The van der Waals surface area contributed by atoms with Gasteiger partial charge in [-0.15, -0.1) is 11.3 Å². The van der Waals surface area contributed by atoms with Crippen LogP contribution in [0.2, 0.25) is 0 Å². The molecular weight excluding hydrogens is 186 g/mol. The minimum Gasteiger partial charge on any atom is -0.375 e. The van der Waals surface area contributed by atoms with E-state index < -0.39 is 0 Å². The molecular formula is C8H13N3OS. The molecule has 0 aromatic carbocycles. The van der Waals surface area contributed by atoms with Crippen molar-refractivity contribution in [3.63, 3.8) is 0 Å². The van der Waals surface area contributed by atoms with Gasteiger partial charge in [-0.2, -0.15) is 0 Å². The van der Waals surface area contributed by atoms with E-state index in [1.54, 1.807) is 0 Å². The molecule has 0 atom stereocenters. The molecule has 1 rings (SSSR count). The quantitative estimate of drug-likeness (QED) is 0.764. The van der Waals surface area contributed by atoms with Crippen molar-refractivity contribution in [2.75, 3.05) is 5.73 Å². The number of aromatic nitrogens is 1. The lowest BCUT2D eigenvalue weighted by Crippen LogP contribution is -2.22. The highest BCUT2D eigenvalue weighted by molar-refractivity contribution is 7.13. The molecule has 1 aromatic heterocycles. The number of carbonyl (C=O) groups is 1. The fraction of sp³-hybridized carbons (Fsp3) is 0.500. The number of nitrogens with one attached hydrogen (secondary N) is 1. The van der Waals surface area contributed by atoms with Crippen LogP contribution < -0.4 is 11.1 Å². The van der Waals surface area contributed by atoms with Crippen LogP contribution in [0, 0.1) is 0 Å². The van der Waals surface area contributed by atoms with Crippen LogP contribution in [-0.2, 0) is 11.3 Å². The molecule has 0 bridgehead atoms. The lowest BCUT2D eigenvalue weighted by molar-refractivity contribution is -0.121. The summed E-state index contributed by atoms with van der Waals surface area (Å²) >= 11 is 1.38. The van der Waals surface area contributed by atoms with E-state index in [-0.39, 0.29) is 5.91 Å². The largest absolute Gasteiger partial charge is 0.375 e. The predicted octanol–water partition coefficient (Wildman–Crippen LogP) is 1.14. The Labute approximate surface area is 81.2 Å². The van der Waals surface area contributed by atoms with Gasteiger partial charge in [-0.1, -0.05) is 6.92 Å². The minimum absolute atomic E-state index is 0.0640. The van der Waals surface area contributed by atoms with Gasteiger partial charge >= 0.3 is 0 Å². The van der Waals surface area contributed by atoms with Crippen molar-refractivity contribution < 1.29 is 4.79 Å². The van der Waals surface area contributed by atoms with Crippen LogP contribution in [0.4, 0.5) is 5.13 Å². The Morgan fingerprint density at radius 2 is 2.54 bits per heavy atom. The van der Waals surface area contributed by atoms with Crippen molar-refractivity contribution in [1.82, 2.24) is 10.3 Å². The number of thiazole rings is 1. The fourth-order valence-corrected chi connectivity index (χ4v) is 1.47. The van der Waals surface area contributed by atoms with Crippen LogP contribution in [-0.4, -0.2) is 10.9 Å². The van der Waals surface area contributed by atoms with Crippen molar-refractivity contribution in [2.24, 2.45) is 0 Å². The topological polar surface area (TPSA) is 68.0 Å². The third-order valence-corrected chi connectivity index (χ3v) is 2.24. The number of nitrogens with two attached hydrogens (primary N) is 1. The van der Waals surface area contributed by atoms with Gasteiger partial charge < -0.3 is 11.1 Å². The molecule has 0 fully saturated rings. The summed E-state index contributed by atoms with van der Waals surface area (Å²) in [5, 5.41) is 5.15. The Bertz CT molecular complexity index is 285. The van der Waals surface area contributed by atoms with Crippen molar-refractivity contribution in [1.29, 1.82) is 0 Å². The number of hydrogen-bond donors (Lipinski definition) is 2. The van der Waals surface area contributed by atoms with Crippen molar-refractivity contribution >= 4 is 22.4 Å². The number of nitrogen functional groups attached to an aromatic ring is 1. The molecule has 0 saturated heterocycles. The minimum atomic E-state index is 0.0640. The van der Waals surface area contributed by atoms with Gasteiger partial charge in [0, 0.05) is 11.8 Å². The number of rotatable bonds is 4. The first-order valence-corrected chi connectivity index (χ1v) is 5.07. The van der Waals surface area contributed by atoms with Gasteiger partial charge in [0.25, 0.3) is 0 Å². The molecule has 0 unspecified atom stereocenters. The van der Waals surface area contributed by atoms with E-state index in [1.807, 2.05) is 12.3 Å². The molecule has 5 heteroatoms. The molecule has 0 aliphatic carbocycles. The molecule has 0 saturated carbocycles. The highest BCUT2D eigenvalue weighted by atomic mass is 32.1. The molecule has 1 heterocycles.